The van der Waals surface area contributed by atoms with E-state index in [4.69, 9.17) is 0 Å². The zero-order chi connectivity index (χ0) is 17.7. The second-order valence-corrected chi connectivity index (χ2v) is 7.83. The molecule has 1 saturated carbocycles. The van der Waals surface area contributed by atoms with Gasteiger partial charge in [0, 0.05) is 18.5 Å². The highest BCUT2D eigenvalue weighted by Crippen LogP contribution is 2.48. The summed E-state index contributed by atoms with van der Waals surface area (Å²) >= 11 is 0. The molecular formula is C23H24N2O. The lowest BCUT2D eigenvalue weighted by Gasteiger charge is -2.41. The highest BCUT2D eigenvalue weighted by atomic mass is 16.2. The molecule has 0 atom stereocenters. The smallest absolute Gasteiger partial charge is 0.243 e. The first-order chi connectivity index (χ1) is 12.7. The number of fused-ring (bicyclic) bond motifs is 4. The molecule has 1 spiro atoms. The Labute approximate surface area is 154 Å². The third-order valence-corrected chi connectivity index (χ3v) is 6.12. The average Bonchev–Trinajstić information content (AvgIpc) is 3.25. The van der Waals surface area contributed by atoms with E-state index in [0.717, 1.165) is 19.4 Å². The lowest BCUT2D eigenvalue weighted by Crippen LogP contribution is -2.53. The molecule has 1 amide bonds. The van der Waals surface area contributed by atoms with E-state index in [2.05, 4.69) is 71.5 Å². The number of aryl methyl sites for hydroxylation is 1. The van der Waals surface area contributed by atoms with Crippen LogP contribution in [0.2, 0.25) is 0 Å². The summed E-state index contributed by atoms with van der Waals surface area (Å²) in [4.78, 5) is 12.9. The van der Waals surface area contributed by atoms with Gasteiger partial charge in [-0.1, -0.05) is 54.8 Å². The van der Waals surface area contributed by atoms with Crippen molar-refractivity contribution in [3.63, 3.8) is 0 Å². The minimum Gasteiger partial charge on any atom is -0.281 e. The quantitative estimate of drug-likeness (QED) is 0.748. The topological polar surface area (TPSA) is 23.6 Å². The van der Waals surface area contributed by atoms with Crippen molar-refractivity contribution in [2.75, 3.05) is 11.6 Å². The average molecular weight is 344 g/mol. The maximum Gasteiger partial charge on any atom is 0.243 e. The summed E-state index contributed by atoms with van der Waals surface area (Å²) in [7, 11) is 0. The number of nitrogens with zero attached hydrogens (tertiary/aromatic N) is 2. The van der Waals surface area contributed by atoms with Gasteiger partial charge < -0.3 is 0 Å². The van der Waals surface area contributed by atoms with Crippen molar-refractivity contribution >= 4 is 17.2 Å². The predicted octanol–water partition coefficient (Wildman–Crippen LogP) is 4.71. The van der Waals surface area contributed by atoms with Gasteiger partial charge in [0.2, 0.25) is 5.91 Å². The highest BCUT2D eigenvalue weighted by Gasteiger charge is 2.48. The molecular weight excluding hydrogens is 320 g/mol. The van der Waals surface area contributed by atoms with Gasteiger partial charge in [-0.2, -0.15) is 0 Å². The molecule has 2 fully saturated rings. The van der Waals surface area contributed by atoms with E-state index in [1.54, 1.807) is 0 Å². The van der Waals surface area contributed by atoms with Gasteiger partial charge in [-0.15, -0.1) is 0 Å². The Balaban J connectivity index is 1.81. The van der Waals surface area contributed by atoms with Crippen LogP contribution in [0.5, 0.6) is 0 Å². The summed E-state index contributed by atoms with van der Waals surface area (Å²) < 4.78 is 0. The maximum absolute atomic E-state index is 12.9. The Morgan fingerprint density at radius 3 is 2.54 bits per heavy atom. The maximum atomic E-state index is 12.9. The number of hydrazine groups is 1. The molecule has 0 unspecified atom stereocenters. The first kappa shape index (κ1) is 15.7. The molecule has 0 radical (unpaired) electrons. The van der Waals surface area contributed by atoms with Gasteiger partial charge in [-0.25, -0.2) is 5.01 Å². The van der Waals surface area contributed by atoms with Crippen LogP contribution >= 0.6 is 0 Å². The largest absolute Gasteiger partial charge is 0.281 e. The summed E-state index contributed by atoms with van der Waals surface area (Å²) in [5.41, 5.74) is 6.00. The Morgan fingerprint density at radius 2 is 1.77 bits per heavy atom. The van der Waals surface area contributed by atoms with Crippen LogP contribution in [0, 0.1) is 6.92 Å². The zero-order valence-corrected chi connectivity index (χ0v) is 15.2. The van der Waals surface area contributed by atoms with Crippen LogP contribution < -0.4 is 5.01 Å². The van der Waals surface area contributed by atoms with Crippen molar-refractivity contribution in [2.24, 2.45) is 0 Å². The normalized spacial score (nSPS) is 20.8. The summed E-state index contributed by atoms with van der Waals surface area (Å²) in [6.45, 7) is 2.93. The van der Waals surface area contributed by atoms with E-state index in [0.29, 0.717) is 6.42 Å². The van der Waals surface area contributed by atoms with Gasteiger partial charge in [0.15, 0.2) is 0 Å². The number of hydrogen-bond donors (Lipinski definition) is 0. The van der Waals surface area contributed by atoms with Crippen LogP contribution in [0.1, 0.15) is 48.8 Å². The lowest BCUT2D eigenvalue weighted by molar-refractivity contribution is -0.132. The molecule has 5 rings (SSSR count). The van der Waals surface area contributed by atoms with Crippen molar-refractivity contribution in [3.05, 3.63) is 71.3 Å². The van der Waals surface area contributed by atoms with Crippen LogP contribution in [0.4, 0.5) is 5.69 Å². The van der Waals surface area contributed by atoms with Crippen LogP contribution in [-0.2, 0) is 4.79 Å². The molecule has 3 aliphatic rings. The lowest BCUT2D eigenvalue weighted by atomic mass is 9.88. The van der Waals surface area contributed by atoms with E-state index >= 15 is 0 Å². The molecule has 1 saturated heterocycles. The van der Waals surface area contributed by atoms with Gasteiger partial charge in [-0.05, 0) is 49.1 Å². The van der Waals surface area contributed by atoms with Crippen molar-refractivity contribution in [1.29, 1.82) is 0 Å². The van der Waals surface area contributed by atoms with E-state index in [1.807, 2.05) is 0 Å². The fourth-order valence-corrected chi connectivity index (χ4v) is 4.96. The fourth-order valence-electron chi connectivity index (χ4n) is 4.96. The molecule has 2 aliphatic heterocycles. The minimum atomic E-state index is -0.175. The second-order valence-electron chi connectivity index (χ2n) is 7.83. The van der Waals surface area contributed by atoms with E-state index < -0.39 is 0 Å². The van der Waals surface area contributed by atoms with Crippen LogP contribution in [-0.4, -0.2) is 23.0 Å². The summed E-state index contributed by atoms with van der Waals surface area (Å²) in [6, 6.07) is 17.3. The number of amides is 1. The third kappa shape index (κ3) is 2.23. The van der Waals surface area contributed by atoms with Gasteiger partial charge in [-0.3, -0.25) is 9.80 Å². The number of benzene rings is 2. The zero-order valence-electron chi connectivity index (χ0n) is 15.2. The van der Waals surface area contributed by atoms with Crippen LogP contribution in [0.25, 0.3) is 5.57 Å². The molecule has 0 N–H and O–H groups in total. The number of carbonyl (C=O) groups is 1. The Kier molecular flexibility index (Phi) is 3.46. The Hall–Kier alpha value is -2.55. The summed E-state index contributed by atoms with van der Waals surface area (Å²) in [6.07, 6.45) is 7.51. The molecule has 0 aromatic heterocycles. The minimum absolute atomic E-state index is 0.175. The van der Waals surface area contributed by atoms with Gasteiger partial charge in [0.1, 0.15) is 0 Å². The molecule has 132 valence electrons. The van der Waals surface area contributed by atoms with Crippen molar-refractivity contribution in [1.82, 2.24) is 5.01 Å². The Morgan fingerprint density at radius 1 is 1.00 bits per heavy atom. The second kappa shape index (κ2) is 5.73. The highest BCUT2D eigenvalue weighted by molar-refractivity contribution is 5.92. The van der Waals surface area contributed by atoms with Crippen molar-refractivity contribution in [2.45, 2.75) is 44.6 Å². The summed E-state index contributed by atoms with van der Waals surface area (Å²) in [5, 5.41) is 4.36. The predicted molar refractivity (Wildman–Crippen MR) is 105 cm³/mol. The molecule has 2 heterocycles. The Bertz CT molecular complexity index is 894. The van der Waals surface area contributed by atoms with Crippen molar-refractivity contribution in [3.8, 4) is 0 Å². The SMILES string of the molecule is Cc1ccc2c(c1)C(c1ccccc1)=CC1(CCCC1)N1C(=O)CCN21. The van der Waals surface area contributed by atoms with E-state index in [9.17, 15) is 4.79 Å². The van der Waals surface area contributed by atoms with Gasteiger partial charge in [0.25, 0.3) is 0 Å². The van der Waals surface area contributed by atoms with Gasteiger partial charge in [0.05, 0.1) is 11.2 Å². The number of anilines is 1. The third-order valence-electron chi connectivity index (χ3n) is 6.12. The standard InChI is InChI=1S/C23H24N2O/c1-17-9-10-21-19(15-17)20(18-7-3-2-4-8-18)16-23(12-5-6-13-23)25-22(26)11-14-24(21)25/h2-4,7-10,15-16H,5-6,11-14H2,1H3. The molecule has 2 aromatic rings. The van der Waals surface area contributed by atoms with Crippen molar-refractivity contribution < 1.29 is 4.79 Å². The molecule has 1 aliphatic carbocycles. The molecule has 2 aromatic carbocycles. The van der Waals surface area contributed by atoms with Crippen LogP contribution in [0.15, 0.2) is 54.6 Å². The first-order valence-electron chi connectivity index (χ1n) is 9.68. The molecule has 26 heavy (non-hydrogen) atoms. The molecule has 0 bridgehead atoms. The van der Waals surface area contributed by atoms with E-state index in [1.165, 1.54) is 40.8 Å². The van der Waals surface area contributed by atoms with E-state index in [-0.39, 0.29) is 11.4 Å². The fraction of sp³-hybridized carbons (Fsp3) is 0.348. The molecule has 3 nitrogen and oxygen atoms in total. The molecule has 3 heteroatoms. The monoisotopic (exact) mass is 344 g/mol. The first-order valence-corrected chi connectivity index (χ1v) is 9.68. The van der Waals surface area contributed by atoms with Crippen LogP contribution in [0.3, 0.4) is 0 Å². The number of hydrogen-bond acceptors (Lipinski definition) is 2. The summed E-state index contributed by atoms with van der Waals surface area (Å²) in [5.74, 6) is 0.268. The number of rotatable bonds is 1. The van der Waals surface area contributed by atoms with Gasteiger partial charge >= 0.3 is 0 Å². The number of carbonyl (C=O) groups excluding carboxylic acids is 1.